The minimum absolute atomic E-state index is 0.0241. The van der Waals surface area contributed by atoms with E-state index in [9.17, 15) is 9.90 Å². The first kappa shape index (κ1) is 14.9. The number of ketones is 1. The van der Waals surface area contributed by atoms with Crippen molar-refractivity contribution in [3.05, 3.63) is 0 Å². The second-order valence-electron chi connectivity index (χ2n) is 9.90. The zero-order chi connectivity index (χ0) is 15.8. The van der Waals surface area contributed by atoms with Crippen molar-refractivity contribution in [2.75, 3.05) is 0 Å². The molecule has 0 amide bonds. The van der Waals surface area contributed by atoms with Crippen LogP contribution in [0, 0.1) is 40.4 Å². The Kier molecular flexibility index (Phi) is 3.14. The molecule has 1 N–H and O–H groups in total. The van der Waals surface area contributed by atoms with Crippen molar-refractivity contribution in [2.45, 2.75) is 83.7 Å². The average Bonchev–Trinajstić information content (AvgIpc) is 2.88. The zero-order valence-corrected chi connectivity index (χ0v) is 14.6. The largest absolute Gasteiger partial charge is 0.393 e. The van der Waals surface area contributed by atoms with Gasteiger partial charge in [-0.05, 0) is 99.2 Å². The number of fused-ring (bicyclic) bond motifs is 6. The van der Waals surface area contributed by atoms with Crippen LogP contribution in [0.25, 0.3) is 0 Å². The third-order valence-electron chi connectivity index (χ3n) is 9.60. The first-order valence-corrected chi connectivity index (χ1v) is 10.3. The van der Waals surface area contributed by atoms with Gasteiger partial charge in [0, 0.05) is 11.8 Å². The third kappa shape index (κ3) is 1.77. The van der Waals surface area contributed by atoms with Gasteiger partial charge in [-0.15, -0.1) is 0 Å². The van der Waals surface area contributed by atoms with Crippen LogP contribution < -0.4 is 0 Å². The van der Waals surface area contributed by atoms with Gasteiger partial charge >= 0.3 is 0 Å². The third-order valence-corrected chi connectivity index (χ3v) is 9.60. The highest BCUT2D eigenvalue weighted by Gasteiger charge is 2.67. The van der Waals surface area contributed by atoms with E-state index in [0.29, 0.717) is 11.2 Å². The molecule has 0 aromatic heterocycles. The summed E-state index contributed by atoms with van der Waals surface area (Å²) < 4.78 is 0. The van der Waals surface area contributed by atoms with Crippen LogP contribution in [0.3, 0.4) is 0 Å². The van der Waals surface area contributed by atoms with Gasteiger partial charge < -0.3 is 5.11 Å². The Hall–Kier alpha value is -0.370. The van der Waals surface area contributed by atoms with E-state index in [1.54, 1.807) is 0 Å². The number of rotatable bonds is 0. The summed E-state index contributed by atoms with van der Waals surface area (Å²) in [5, 5.41) is 10.0. The second-order valence-corrected chi connectivity index (χ2v) is 9.90. The quantitative estimate of drug-likeness (QED) is 0.721. The zero-order valence-electron chi connectivity index (χ0n) is 14.6. The van der Waals surface area contributed by atoms with E-state index < -0.39 is 0 Å². The van der Waals surface area contributed by atoms with Crippen molar-refractivity contribution in [2.24, 2.45) is 40.4 Å². The highest BCUT2D eigenvalue weighted by Crippen LogP contribution is 2.72. The standard InChI is InChI=1S/C21H32O2/c1-20-9-6-16-15-5-3-14(22)12-13(15)2-4-17(16)18(20)7-10-21(20)11-8-19(21)23/h13-18,22H,2-12H2,1H3/t13-,14+,15+,16-,17-,18+,20+,21+/m1/s1. The molecule has 5 rings (SSSR count). The highest BCUT2D eigenvalue weighted by atomic mass is 16.3. The first-order chi connectivity index (χ1) is 11.1. The monoisotopic (exact) mass is 316 g/mol. The number of hydrogen-bond donors (Lipinski definition) is 1. The molecule has 1 spiro atoms. The van der Waals surface area contributed by atoms with Crippen LogP contribution >= 0.6 is 0 Å². The first-order valence-electron chi connectivity index (χ1n) is 10.3. The summed E-state index contributed by atoms with van der Waals surface area (Å²) in [6, 6.07) is 0. The van der Waals surface area contributed by atoms with Gasteiger partial charge in [0.1, 0.15) is 5.78 Å². The molecule has 0 aromatic carbocycles. The van der Waals surface area contributed by atoms with Gasteiger partial charge in [-0.25, -0.2) is 0 Å². The van der Waals surface area contributed by atoms with E-state index in [1.165, 1.54) is 51.4 Å². The summed E-state index contributed by atoms with van der Waals surface area (Å²) >= 11 is 0. The molecule has 0 unspecified atom stereocenters. The Morgan fingerprint density at radius 2 is 1.74 bits per heavy atom. The van der Waals surface area contributed by atoms with Gasteiger partial charge in [0.05, 0.1) is 6.10 Å². The van der Waals surface area contributed by atoms with Crippen LogP contribution in [-0.2, 0) is 4.79 Å². The molecule has 0 aliphatic heterocycles. The van der Waals surface area contributed by atoms with Gasteiger partial charge in [0.2, 0.25) is 0 Å². The molecule has 0 heterocycles. The van der Waals surface area contributed by atoms with Crippen LogP contribution in [0.2, 0.25) is 0 Å². The van der Waals surface area contributed by atoms with Crippen LogP contribution in [0.15, 0.2) is 0 Å². The van der Waals surface area contributed by atoms with Gasteiger partial charge in [-0.1, -0.05) is 6.92 Å². The maximum atomic E-state index is 12.5. The maximum Gasteiger partial charge on any atom is 0.139 e. The summed E-state index contributed by atoms with van der Waals surface area (Å²) in [6.07, 6.45) is 13.3. The van der Waals surface area contributed by atoms with E-state index in [1.807, 2.05) is 0 Å². The predicted octanol–water partition coefficient (Wildman–Crippen LogP) is 4.35. The van der Waals surface area contributed by atoms with E-state index in [-0.39, 0.29) is 11.5 Å². The normalized spacial score (nSPS) is 58.3. The highest BCUT2D eigenvalue weighted by molar-refractivity contribution is 5.91. The Labute approximate surface area is 140 Å². The van der Waals surface area contributed by atoms with Crippen LogP contribution in [0.1, 0.15) is 77.6 Å². The average molecular weight is 316 g/mol. The molecule has 0 saturated heterocycles. The fraction of sp³-hybridized carbons (Fsp3) is 0.952. The van der Waals surface area contributed by atoms with Crippen molar-refractivity contribution >= 4 is 5.78 Å². The summed E-state index contributed by atoms with van der Waals surface area (Å²) in [7, 11) is 0. The minimum atomic E-state index is -0.0241. The summed E-state index contributed by atoms with van der Waals surface area (Å²) in [5.41, 5.74) is 0.423. The molecule has 2 nitrogen and oxygen atoms in total. The topological polar surface area (TPSA) is 37.3 Å². The number of Topliss-reactive ketones (excluding diaryl/α,β-unsaturated/α-hetero) is 1. The van der Waals surface area contributed by atoms with Gasteiger partial charge in [0.25, 0.3) is 0 Å². The summed E-state index contributed by atoms with van der Waals surface area (Å²) in [5.74, 6) is 4.90. The fourth-order valence-electron chi connectivity index (χ4n) is 8.36. The molecule has 0 aromatic rings. The Balaban J connectivity index is 1.42. The Morgan fingerprint density at radius 3 is 2.48 bits per heavy atom. The summed E-state index contributed by atoms with van der Waals surface area (Å²) in [6.45, 7) is 2.49. The molecular weight excluding hydrogens is 284 g/mol. The molecule has 0 radical (unpaired) electrons. The minimum Gasteiger partial charge on any atom is -0.393 e. The lowest BCUT2D eigenvalue weighted by molar-refractivity contribution is -0.158. The molecule has 23 heavy (non-hydrogen) atoms. The molecule has 128 valence electrons. The molecule has 5 aliphatic rings. The van der Waals surface area contributed by atoms with Crippen molar-refractivity contribution in [3.8, 4) is 0 Å². The molecule has 5 aliphatic carbocycles. The second kappa shape index (κ2) is 4.84. The maximum absolute atomic E-state index is 12.5. The van der Waals surface area contributed by atoms with Crippen LogP contribution in [-0.4, -0.2) is 17.0 Å². The predicted molar refractivity (Wildman–Crippen MR) is 89.8 cm³/mol. The van der Waals surface area contributed by atoms with Crippen molar-refractivity contribution < 1.29 is 9.90 Å². The fourth-order valence-corrected chi connectivity index (χ4v) is 8.36. The van der Waals surface area contributed by atoms with Crippen LogP contribution in [0.5, 0.6) is 0 Å². The molecule has 8 atom stereocenters. The SMILES string of the molecule is C[C@]12CC[C@H]3[C@@H](CC[C@@H]4C[C@@H](O)CC[C@@H]43)[C@@H]1CC[C@@]21CCC1=O. The number of aliphatic hydroxyl groups excluding tert-OH is 1. The lowest BCUT2D eigenvalue weighted by Crippen LogP contribution is -2.56. The lowest BCUT2D eigenvalue weighted by Gasteiger charge is -2.59. The van der Waals surface area contributed by atoms with E-state index in [0.717, 1.165) is 48.9 Å². The van der Waals surface area contributed by atoms with Gasteiger partial charge in [-0.3, -0.25) is 4.79 Å². The smallest absolute Gasteiger partial charge is 0.139 e. The van der Waals surface area contributed by atoms with Crippen molar-refractivity contribution in [3.63, 3.8) is 0 Å². The van der Waals surface area contributed by atoms with Crippen molar-refractivity contribution in [1.82, 2.24) is 0 Å². The number of carbonyl (C=O) groups is 1. The molecule has 5 saturated carbocycles. The lowest BCUT2D eigenvalue weighted by atomic mass is 9.44. The molecule has 2 heteroatoms. The number of aliphatic hydroxyl groups is 1. The van der Waals surface area contributed by atoms with E-state index in [4.69, 9.17) is 0 Å². The van der Waals surface area contributed by atoms with E-state index in [2.05, 4.69) is 6.92 Å². The van der Waals surface area contributed by atoms with Gasteiger partial charge in [0.15, 0.2) is 0 Å². The van der Waals surface area contributed by atoms with Crippen molar-refractivity contribution in [1.29, 1.82) is 0 Å². The summed E-state index contributed by atoms with van der Waals surface area (Å²) in [4.78, 5) is 12.5. The Morgan fingerprint density at radius 1 is 0.913 bits per heavy atom. The van der Waals surface area contributed by atoms with Gasteiger partial charge in [-0.2, -0.15) is 0 Å². The number of hydrogen-bond acceptors (Lipinski definition) is 2. The van der Waals surface area contributed by atoms with E-state index >= 15 is 0 Å². The van der Waals surface area contributed by atoms with Crippen LogP contribution in [0.4, 0.5) is 0 Å². The Bertz CT molecular complexity index is 528. The molecule has 0 bridgehead atoms. The molecular formula is C21H32O2. The molecule has 5 fully saturated rings. The number of carbonyl (C=O) groups excluding carboxylic acids is 1.